The summed E-state index contributed by atoms with van der Waals surface area (Å²) in [6, 6.07) is 15.7. The molecule has 0 aliphatic rings. The third-order valence-corrected chi connectivity index (χ3v) is 4.51. The number of Topliss-reactive ketones (excluding diaryl/α,β-unsaturated/α-hetero) is 1. The molecule has 2 aromatic carbocycles. The van der Waals surface area contributed by atoms with Gasteiger partial charge in [-0.2, -0.15) is 0 Å². The number of carbonyl (C=O) groups is 3. The molecule has 0 radical (unpaired) electrons. The number of carbonyl (C=O) groups excluding carboxylic acids is 3. The average Bonchev–Trinajstić information content (AvgIpc) is 2.78. The molecule has 0 bridgehead atoms. The number of benzene rings is 2. The summed E-state index contributed by atoms with van der Waals surface area (Å²) in [4.78, 5) is 34.5. The van der Waals surface area contributed by atoms with E-state index in [4.69, 9.17) is 9.47 Å². The molecule has 0 aromatic heterocycles. The Balaban J connectivity index is 1.84. The van der Waals surface area contributed by atoms with Crippen LogP contribution in [0.3, 0.4) is 0 Å². The van der Waals surface area contributed by atoms with Crippen LogP contribution in [0.15, 0.2) is 72.8 Å². The van der Waals surface area contributed by atoms with E-state index in [1.54, 1.807) is 6.92 Å². The zero-order valence-corrected chi connectivity index (χ0v) is 18.4. The smallest absolute Gasteiger partial charge is 0.335 e. The fourth-order valence-electron chi connectivity index (χ4n) is 2.58. The molecule has 2 rings (SSSR count). The highest BCUT2D eigenvalue weighted by Crippen LogP contribution is 2.21. The van der Waals surface area contributed by atoms with E-state index in [1.807, 2.05) is 48.5 Å². The van der Waals surface area contributed by atoms with Gasteiger partial charge in [-0.05, 0) is 54.7 Å². The second-order valence-corrected chi connectivity index (χ2v) is 7.30. The summed E-state index contributed by atoms with van der Waals surface area (Å²) in [5, 5.41) is 0. The highest BCUT2D eigenvalue weighted by Gasteiger charge is 2.07. The number of ketones is 1. The number of hydrogen-bond donors (Lipinski definition) is 0. The summed E-state index contributed by atoms with van der Waals surface area (Å²) in [6.45, 7) is 9.86. The second-order valence-electron chi connectivity index (χ2n) is 7.30. The lowest BCUT2D eigenvalue weighted by atomic mass is 10.0. The van der Waals surface area contributed by atoms with Crippen LogP contribution < -0.4 is 0 Å². The Morgan fingerprint density at radius 2 is 1.44 bits per heavy atom. The molecule has 0 spiro atoms. The highest BCUT2D eigenvalue weighted by molar-refractivity contribution is 5.95. The molecule has 5 heteroatoms. The number of aryl methyl sites for hydroxylation is 1. The Labute approximate surface area is 188 Å². The van der Waals surface area contributed by atoms with Crippen LogP contribution in [-0.4, -0.2) is 24.5 Å². The molecule has 164 valence electrons. The molecule has 0 aliphatic carbocycles. The van der Waals surface area contributed by atoms with Crippen LogP contribution in [0.5, 0.6) is 0 Å². The Hall–Kier alpha value is -3.91. The minimum Gasteiger partial charge on any atom is -0.428 e. The van der Waals surface area contributed by atoms with Gasteiger partial charge in [0.1, 0.15) is 0 Å². The molecule has 0 amide bonds. The topological polar surface area (TPSA) is 69.7 Å². The van der Waals surface area contributed by atoms with Gasteiger partial charge < -0.3 is 9.47 Å². The molecular formula is C27H26O5. The maximum Gasteiger partial charge on any atom is 0.335 e. The minimum absolute atomic E-state index is 0.0475. The molecular weight excluding hydrogens is 404 g/mol. The molecule has 0 fully saturated rings. The Morgan fingerprint density at radius 1 is 0.844 bits per heavy atom. The molecule has 0 heterocycles. The lowest BCUT2D eigenvalue weighted by molar-refractivity contribution is -0.164. The van der Waals surface area contributed by atoms with Gasteiger partial charge in [0.25, 0.3) is 0 Å². The second kappa shape index (κ2) is 12.1. The minimum atomic E-state index is -0.591. The Morgan fingerprint density at radius 3 is 2.00 bits per heavy atom. The standard InChI is InChI=1S/C27H26O5/c1-19(2)25(28)7-5-6-21-8-13-23(14-9-21)24-15-10-22(11-16-24)12-17-26(29)31-18-32-27(30)20(3)4/h8-11,13-16H,1,3,7,12,17-18H2,2,4H3. The predicted molar refractivity (Wildman–Crippen MR) is 123 cm³/mol. The van der Waals surface area contributed by atoms with Crippen LogP contribution in [0.2, 0.25) is 0 Å². The van der Waals surface area contributed by atoms with E-state index in [0.717, 1.165) is 22.3 Å². The van der Waals surface area contributed by atoms with Crippen LogP contribution in [-0.2, 0) is 30.3 Å². The fraction of sp³-hybridized carbons (Fsp3) is 0.222. The fourth-order valence-corrected chi connectivity index (χ4v) is 2.58. The van der Waals surface area contributed by atoms with Crippen molar-refractivity contribution in [1.29, 1.82) is 0 Å². The van der Waals surface area contributed by atoms with E-state index in [2.05, 4.69) is 25.0 Å². The first-order valence-corrected chi connectivity index (χ1v) is 10.1. The van der Waals surface area contributed by atoms with Gasteiger partial charge in [-0.15, -0.1) is 0 Å². The van der Waals surface area contributed by atoms with E-state index in [0.29, 0.717) is 12.0 Å². The lowest BCUT2D eigenvalue weighted by Gasteiger charge is -2.07. The summed E-state index contributed by atoms with van der Waals surface area (Å²) in [5.41, 5.74) is 4.68. The van der Waals surface area contributed by atoms with E-state index in [-0.39, 0.29) is 24.2 Å². The zero-order chi connectivity index (χ0) is 23.5. The van der Waals surface area contributed by atoms with Gasteiger partial charge in [-0.25, -0.2) is 4.79 Å². The van der Waals surface area contributed by atoms with Crippen molar-refractivity contribution in [1.82, 2.24) is 0 Å². The third kappa shape index (κ3) is 8.08. The van der Waals surface area contributed by atoms with Crippen molar-refractivity contribution in [2.24, 2.45) is 0 Å². The van der Waals surface area contributed by atoms with Crippen LogP contribution >= 0.6 is 0 Å². The largest absolute Gasteiger partial charge is 0.428 e. The summed E-state index contributed by atoms with van der Waals surface area (Å²) in [6.07, 6.45) is 0.877. The van der Waals surface area contributed by atoms with Crippen molar-refractivity contribution in [2.75, 3.05) is 6.79 Å². The van der Waals surface area contributed by atoms with Crippen LogP contribution in [0.4, 0.5) is 0 Å². The molecule has 5 nitrogen and oxygen atoms in total. The van der Waals surface area contributed by atoms with Crippen LogP contribution in [0.25, 0.3) is 11.1 Å². The van der Waals surface area contributed by atoms with Crippen molar-refractivity contribution >= 4 is 17.7 Å². The van der Waals surface area contributed by atoms with Crippen molar-refractivity contribution in [3.05, 3.63) is 84.0 Å². The van der Waals surface area contributed by atoms with Crippen molar-refractivity contribution < 1.29 is 23.9 Å². The maximum atomic E-state index is 11.8. The van der Waals surface area contributed by atoms with E-state index >= 15 is 0 Å². The van der Waals surface area contributed by atoms with E-state index in [9.17, 15) is 14.4 Å². The quantitative estimate of drug-likeness (QED) is 0.248. The molecule has 0 unspecified atom stereocenters. The number of hydrogen-bond acceptors (Lipinski definition) is 5. The Kier molecular flexibility index (Phi) is 9.19. The average molecular weight is 431 g/mol. The first-order chi connectivity index (χ1) is 15.3. The molecule has 0 saturated heterocycles. The van der Waals surface area contributed by atoms with Gasteiger partial charge in [0.2, 0.25) is 6.79 Å². The van der Waals surface area contributed by atoms with Gasteiger partial charge in [0.15, 0.2) is 5.78 Å². The summed E-state index contributed by atoms with van der Waals surface area (Å²) >= 11 is 0. The van der Waals surface area contributed by atoms with Crippen LogP contribution in [0.1, 0.15) is 37.8 Å². The normalized spacial score (nSPS) is 9.81. The summed E-state index contributed by atoms with van der Waals surface area (Å²) in [7, 11) is 0. The van der Waals surface area contributed by atoms with Crippen molar-refractivity contribution in [3.63, 3.8) is 0 Å². The summed E-state index contributed by atoms with van der Waals surface area (Å²) < 4.78 is 9.62. The van der Waals surface area contributed by atoms with Gasteiger partial charge in [-0.3, -0.25) is 9.59 Å². The molecule has 0 atom stereocenters. The third-order valence-electron chi connectivity index (χ3n) is 4.51. The number of ether oxygens (including phenoxy) is 2. The molecule has 0 N–H and O–H groups in total. The number of allylic oxidation sites excluding steroid dienone is 1. The number of rotatable bonds is 9. The maximum absolute atomic E-state index is 11.8. The first kappa shape index (κ1) is 24.4. The summed E-state index contributed by atoms with van der Waals surface area (Å²) in [5.74, 6) is 4.77. The molecule has 0 saturated carbocycles. The monoisotopic (exact) mass is 430 g/mol. The SMILES string of the molecule is C=C(C)C(=O)CC#Cc1ccc(-c2ccc(CCC(=O)OCOC(=O)C(=C)C)cc2)cc1. The van der Waals surface area contributed by atoms with E-state index < -0.39 is 18.7 Å². The lowest BCUT2D eigenvalue weighted by Crippen LogP contribution is -2.13. The van der Waals surface area contributed by atoms with Crippen molar-refractivity contribution in [2.45, 2.75) is 33.1 Å². The van der Waals surface area contributed by atoms with Crippen LogP contribution in [0, 0.1) is 11.8 Å². The highest BCUT2D eigenvalue weighted by atomic mass is 16.7. The Bertz CT molecular complexity index is 1060. The van der Waals surface area contributed by atoms with Gasteiger partial charge in [-0.1, -0.05) is 61.4 Å². The van der Waals surface area contributed by atoms with Gasteiger partial charge in [0.05, 0.1) is 6.42 Å². The molecule has 0 aliphatic heterocycles. The van der Waals surface area contributed by atoms with E-state index in [1.165, 1.54) is 6.92 Å². The number of esters is 2. The zero-order valence-electron chi connectivity index (χ0n) is 18.4. The van der Waals surface area contributed by atoms with Gasteiger partial charge >= 0.3 is 11.9 Å². The van der Waals surface area contributed by atoms with Crippen molar-refractivity contribution in [3.8, 4) is 23.0 Å². The van der Waals surface area contributed by atoms with Gasteiger partial charge in [0, 0.05) is 17.6 Å². The predicted octanol–water partition coefficient (Wildman–Crippen LogP) is 4.79. The molecule has 32 heavy (non-hydrogen) atoms. The molecule has 2 aromatic rings. The first-order valence-electron chi connectivity index (χ1n) is 10.1.